The lowest BCUT2D eigenvalue weighted by atomic mass is 10.2. The predicted molar refractivity (Wildman–Crippen MR) is 76.0 cm³/mol. The number of rotatable bonds is 6. The van der Waals surface area contributed by atoms with E-state index in [1.165, 1.54) is 0 Å². The fourth-order valence-corrected chi connectivity index (χ4v) is 1.87. The summed E-state index contributed by atoms with van der Waals surface area (Å²) in [4.78, 5) is 0. The summed E-state index contributed by atoms with van der Waals surface area (Å²) in [6, 6.07) is 12.2. The number of hydrogen-bond donors (Lipinski definition) is 2. The molecule has 0 unspecified atom stereocenters. The van der Waals surface area contributed by atoms with Crippen molar-refractivity contribution in [2.75, 3.05) is 6.61 Å². The van der Waals surface area contributed by atoms with Gasteiger partial charge in [0.1, 0.15) is 12.4 Å². The van der Waals surface area contributed by atoms with E-state index in [0.717, 1.165) is 5.56 Å². The van der Waals surface area contributed by atoms with Crippen molar-refractivity contribution in [3.8, 4) is 17.2 Å². The van der Waals surface area contributed by atoms with Gasteiger partial charge in [-0.15, -0.1) is 0 Å². The minimum atomic E-state index is -0.105. The van der Waals surface area contributed by atoms with E-state index in [2.05, 4.69) is 0 Å². The predicted octanol–water partition coefficient (Wildman–Crippen LogP) is 2.86. The number of ether oxygens (including phenoxy) is 2. The van der Waals surface area contributed by atoms with Crippen LogP contribution in [0, 0.1) is 0 Å². The van der Waals surface area contributed by atoms with Gasteiger partial charge in [-0.3, -0.25) is 0 Å². The number of hydrogen-bond acceptors (Lipinski definition) is 4. The molecule has 0 aliphatic heterocycles. The molecule has 2 N–H and O–H groups in total. The molecule has 0 fully saturated rings. The normalized spacial score (nSPS) is 10.3. The molecule has 20 heavy (non-hydrogen) atoms. The molecule has 2 rings (SSSR count). The third-order valence-corrected chi connectivity index (χ3v) is 2.85. The summed E-state index contributed by atoms with van der Waals surface area (Å²) in [5.74, 6) is 1.40. The molecule has 0 bridgehead atoms. The number of aliphatic hydroxyl groups is 1. The number of aromatic hydroxyl groups is 1. The second-order valence-corrected chi connectivity index (χ2v) is 4.29. The summed E-state index contributed by atoms with van der Waals surface area (Å²) in [6.45, 7) is 2.67. The van der Waals surface area contributed by atoms with Crippen molar-refractivity contribution in [1.82, 2.24) is 0 Å². The van der Waals surface area contributed by atoms with Crippen molar-refractivity contribution in [1.29, 1.82) is 0 Å². The maximum absolute atomic E-state index is 9.38. The van der Waals surface area contributed by atoms with Crippen LogP contribution in [0.2, 0.25) is 0 Å². The van der Waals surface area contributed by atoms with Crippen molar-refractivity contribution < 1.29 is 19.7 Å². The average Bonchev–Trinajstić information content (AvgIpc) is 2.47. The third-order valence-electron chi connectivity index (χ3n) is 2.85. The number of phenolic OH excluding ortho intramolecular Hbond substituents is 1. The molecule has 0 heterocycles. The van der Waals surface area contributed by atoms with Crippen molar-refractivity contribution in [3.63, 3.8) is 0 Å². The molecule has 2 aromatic rings. The standard InChI is InChI=1S/C16H18O4/c1-2-19-15-5-3-4-13(10-17)16(15)20-11-12-6-8-14(18)9-7-12/h3-9,17-18H,2,10-11H2,1H3. The highest BCUT2D eigenvalue weighted by atomic mass is 16.5. The maximum Gasteiger partial charge on any atom is 0.167 e. The van der Waals surface area contributed by atoms with Crippen LogP contribution in [-0.4, -0.2) is 16.8 Å². The Balaban J connectivity index is 2.16. The van der Waals surface area contributed by atoms with Gasteiger partial charge in [0.25, 0.3) is 0 Å². The summed E-state index contributed by atoms with van der Waals surface area (Å²) in [6.07, 6.45) is 0. The third kappa shape index (κ3) is 3.42. The minimum absolute atomic E-state index is 0.105. The first-order valence-corrected chi connectivity index (χ1v) is 6.51. The van der Waals surface area contributed by atoms with E-state index < -0.39 is 0 Å². The van der Waals surface area contributed by atoms with Gasteiger partial charge in [0, 0.05) is 5.56 Å². The molecule has 0 spiro atoms. The monoisotopic (exact) mass is 274 g/mol. The molecule has 0 saturated heterocycles. The number of aliphatic hydroxyl groups excluding tert-OH is 1. The van der Waals surface area contributed by atoms with Gasteiger partial charge in [-0.1, -0.05) is 24.3 Å². The van der Waals surface area contributed by atoms with Crippen LogP contribution in [-0.2, 0) is 13.2 Å². The highest BCUT2D eigenvalue weighted by Gasteiger charge is 2.10. The molecule has 106 valence electrons. The Labute approximate surface area is 118 Å². The topological polar surface area (TPSA) is 58.9 Å². The molecule has 4 nitrogen and oxygen atoms in total. The Bertz CT molecular complexity index is 549. The molecular weight excluding hydrogens is 256 g/mol. The molecule has 0 radical (unpaired) electrons. The summed E-state index contributed by atoms with van der Waals surface area (Å²) in [7, 11) is 0. The first kappa shape index (κ1) is 14.2. The molecule has 0 amide bonds. The largest absolute Gasteiger partial charge is 0.508 e. The zero-order valence-corrected chi connectivity index (χ0v) is 11.4. The molecule has 2 aromatic carbocycles. The summed E-state index contributed by atoms with van der Waals surface area (Å²) in [5.41, 5.74) is 1.62. The Morgan fingerprint density at radius 2 is 1.75 bits per heavy atom. The van der Waals surface area contributed by atoms with Crippen molar-refractivity contribution in [3.05, 3.63) is 53.6 Å². The van der Waals surface area contributed by atoms with Crippen LogP contribution in [0.5, 0.6) is 17.2 Å². The average molecular weight is 274 g/mol. The van der Waals surface area contributed by atoms with Crippen molar-refractivity contribution >= 4 is 0 Å². The second kappa shape index (κ2) is 6.82. The molecule has 0 aliphatic carbocycles. The zero-order valence-electron chi connectivity index (χ0n) is 11.4. The molecule has 4 heteroatoms. The Morgan fingerprint density at radius 1 is 1.00 bits per heavy atom. The van der Waals surface area contributed by atoms with Crippen molar-refractivity contribution in [2.45, 2.75) is 20.1 Å². The number of benzene rings is 2. The highest BCUT2D eigenvalue weighted by Crippen LogP contribution is 2.32. The number of phenols is 1. The van der Waals surface area contributed by atoms with Crippen molar-refractivity contribution in [2.24, 2.45) is 0 Å². The van der Waals surface area contributed by atoms with E-state index in [-0.39, 0.29) is 12.4 Å². The first-order chi connectivity index (χ1) is 9.74. The van der Waals surface area contributed by atoms with Crippen LogP contribution >= 0.6 is 0 Å². The van der Waals surface area contributed by atoms with Gasteiger partial charge in [0.05, 0.1) is 13.2 Å². The van der Waals surface area contributed by atoms with E-state index in [1.807, 2.05) is 19.1 Å². The SMILES string of the molecule is CCOc1cccc(CO)c1OCc1ccc(O)cc1. The van der Waals surface area contributed by atoms with Gasteiger partial charge in [0.15, 0.2) is 11.5 Å². The van der Waals surface area contributed by atoms with E-state index in [9.17, 15) is 10.2 Å². The van der Waals surface area contributed by atoms with E-state index in [1.54, 1.807) is 30.3 Å². The van der Waals surface area contributed by atoms with Gasteiger partial charge in [-0.2, -0.15) is 0 Å². The lowest BCUT2D eigenvalue weighted by molar-refractivity contribution is 0.243. The molecular formula is C16H18O4. The van der Waals surface area contributed by atoms with E-state index >= 15 is 0 Å². The van der Waals surface area contributed by atoms with E-state index in [4.69, 9.17) is 9.47 Å². The summed E-state index contributed by atoms with van der Waals surface area (Å²) in [5, 5.41) is 18.6. The molecule has 0 aromatic heterocycles. The minimum Gasteiger partial charge on any atom is -0.508 e. The van der Waals surface area contributed by atoms with Crippen LogP contribution in [0.15, 0.2) is 42.5 Å². The second-order valence-electron chi connectivity index (χ2n) is 4.29. The Morgan fingerprint density at radius 3 is 2.40 bits per heavy atom. The van der Waals surface area contributed by atoms with Gasteiger partial charge in [0.2, 0.25) is 0 Å². The van der Waals surface area contributed by atoms with E-state index in [0.29, 0.717) is 30.3 Å². The smallest absolute Gasteiger partial charge is 0.167 e. The lowest BCUT2D eigenvalue weighted by Gasteiger charge is -2.15. The molecule has 0 atom stereocenters. The van der Waals surface area contributed by atoms with Crippen LogP contribution in [0.3, 0.4) is 0 Å². The van der Waals surface area contributed by atoms with Gasteiger partial charge >= 0.3 is 0 Å². The van der Waals surface area contributed by atoms with Crippen LogP contribution in [0.25, 0.3) is 0 Å². The number of para-hydroxylation sites is 1. The van der Waals surface area contributed by atoms with Crippen LogP contribution < -0.4 is 9.47 Å². The maximum atomic E-state index is 9.38. The Kier molecular flexibility index (Phi) is 4.85. The zero-order chi connectivity index (χ0) is 14.4. The molecule has 0 saturated carbocycles. The fraction of sp³-hybridized carbons (Fsp3) is 0.250. The summed E-state index contributed by atoms with van der Waals surface area (Å²) >= 11 is 0. The Hall–Kier alpha value is -2.20. The summed E-state index contributed by atoms with van der Waals surface area (Å²) < 4.78 is 11.3. The van der Waals surface area contributed by atoms with Crippen LogP contribution in [0.1, 0.15) is 18.1 Å². The quantitative estimate of drug-likeness (QED) is 0.850. The van der Waals surface area contributed by atoms with Gasteiger partial charge in [-0.05, 0) is 30.7 Å². The van der Waals surface area contributed by atoms with Gasteiger partial charge < -0.3 is 19.7 Å². The first-order valence-electron chi connectivity index (χ1n) is 6.51. The van der Waals surface area contributed by atoms with Gasteiger partial charge in [-0.25, -0.2) is 0 Å². The highest BCUT2D eigenvalue weighted by molar-refractivity contribution is 5.46. The fourth-order valence-electron chi connectivity index (χ4n) is 1.87. The van der Waals surface area contributed by atoms with Crippen LogP contribution in [0.4, 0.5) is 0 Å². The molecule has 0 aliphatic rings. The lowest BCUT2D eigenvalue weighted by Crippen LogP contribution is -2.02.